The van der Waals surface area contributed by atoms with Gasteiger partial charge in [0.25, 0.3) is 0 Å². The largest absolute Gasteiger partial charge is 0.494 e. The first-order chi connectivity index (χ1) is 13.6. The maximum Gasteiger partial charge on any atom is 0.224 e. The molecule has 1 heterocycles. The van der Waals surface area contributed by atoms with Gasteiger partial charge in [-0.15, -0.1) is 0 Å². The van der Waals surface area contributed by atoms with Gasteiger partial charge in [0.1, 0.15) is 5.75 Å². The van der Waals surface area contributed by atoms with Gasteiger partial charge in [0, 0.05) is 38.4 Å². The van der Waals surface area contributed by atoms with E-state index in [1.54, 1.807) is 0 Å². The average Bonchev–Trinajstić information content (AvgIpc) is 2.71. The lowest BCUT2D eigenvalue weighted by Crippen LogP contribution is -2.44. The highest BCUT2D eigenvalue weighted by atomic mass is 16.5. The number of likely N-dealkylation sites (N-methyl/N-ethyl adjacent to an activating group) is 1. The molecule has 0 unspecified atom stereocenters. The Balaban J connectivity index is 1.40. The number of piperazine rings is 1. The number of rotatable bonds is 8. The van der Waals surface area contributed by atoms with E-state index in [-0.39, 0.29) is 5.91 Å². The second kappa shape index (κ2) is 10.1. The van der Waals surface area contributed by atoms with E-state index < -0.39 is 0 Å². The van der Waals surface area contributed by atoms with E-state index in [1.807, 2.05) is 31.2 Å². The van der Waals surface area contributed by atoms with Crippen LogP contribution in [-0.4, -0.2) is 57.2 Å². The van der Waals surface area contributed by atoms with Crippen LogP contribution in [0.25, 0.3) is 0 Å². The minimum Gasteiger partial charge on any atom is -0.494 e. The highest BCUT2D eigenvalue weighted by Crippen LogP contribution is 2.17. The van der Waals surface area contributed by atoms with Crippen LogP contribution in [0, 0.1) is 0 Å². The molecule has 0 saturated carbocycles. The molecule has 0 aliphatic carbocycles. The van der Waals surface area contributed by atoms with E-state index in [0.29, 0.717) is 19.6 Å². The molecule has 1 fully saturated rings. The van der Waals surface area contributed by atoms with Crippen LogP contribution in [0.3, 0.4) is 0 Å². The fourth-order valence-corrected chi connectivity index (χ4v) is 3.40. The Hall–Kier alpha value is -2.53. The topological polar surface area (TPSA) is 44.8 Å². The van der Waals surface area contributed by atoms with Gasteiger partial charge >= 0.3 is 0 Å². The van der Waals surface area contributed by atoms with Crippen LogP contribution in [0.1, 0.15) is 18.1 Å². The molecular weight excluding hydrogens is 350 g/mol. The summed E-state index contributed by atoms with van der Waals surface area (Å²) in [6.45, 7) is 7.65. The molecule has 0 atom stereocenters. The summed E-state index contributed by atoms with van der Waals surface area (Å²) in [5, 5.41) is 3.02. The number of ether oxygens (including phenoxy) is 1. The number of nitrogens with zero attached hydrogens (tertiary/aromatic N) is 2. The van der Waals surface area contributed by atoms with Crippen molar-refractivity contribution < 1.29 is 9.53 Å². The van der Waals surface area contributed by atoms with Gasteiger partial charge in [-0.25, -0.2) is 0 Å². The minimum absolute atomic E-state index is 0.0539. The summed E-state index contributed by atoms with van der Waals surface area (Å²) in [7, 11) is 2.17. The molecule has 150 valence electrons. The molecule has 5 heteroatoms. The van der Waals surface area contributed by atoms with Crippen LogP contribution < -0.4 is 15.0 Å². The smallest absolute Gasteiger partial charge is 0.224 e. The Morgan fingerprint density at radius 2 is 1.61 bits per heavy atom. The third kappa shape index (κ3) is 5.99. The number of hydrogen-bond acceptors (Lipinski definition) is 4. The Bertz CT molecular complexity index is 735. The van der Waals surface area contributed by atoms with Crippen LogP contribution in [0.5, 0.6) is 5.75 Å². The molecule has 5 nitrogen and oxygen atoms in total. The second-order valence-electron chi connectivity index (χ2n) is 7.31. The summed E-state index contributed by atoms with van der Waals surface area (Å²) < 4.78 is 5.43. The molecule has 1 N–H and O–H groups in total. The number of benzene rings is 2. The normalized spacial score (nSPS) is 14.7. The Labute approximate surface area is 168 Å². The summed E-state index contributed by atoms with van der Waals surface area (Å²) in [5.41, 5.74) is 3.54. The van der Waals surface area contributed by atoms with Crippen molar-refractivity contribution in [2.45, 2.75) is 19.8 Å². The summed E-state index contributed by atoms with van der Waals surface area (Å²) in [4.78, 5) is 16.9. The zero-order valence-electron chi connectivity index (χ0n) is 17.0. The van der Waals surface area contributed by atoms with Crippen molar-refractivity contribution in [2.24, 2.45) is 0 Å². The molecule has 2 aromatic rings. The Kier molecular flexibility index (Phi) is 7.31. The van der Waals surface area contributed by atoms with E-state index in [0.717, 1.165) is 43.9 Å². The van der Waals surface area contributed by atoms with Gasteiger partial charge in [-0.2, -0.15) is 0 Å². The van der Waals surface area contributed by atoms with Crippen molar-refractivity contribution in [3.63, 3.8) is 0 Å². The number of carbonyl (C=O) groups excluding carboxylic acids is 1. The number of amides is 1. The quantitative estimate of drug-likeness (QED) is 0.764. The minimum atomic E-state index is 0.0539. The summed E-state index contributed by atoms with van der Waals surface area (Å²) in [6, 6.07) is 16.5. The molecule has 0 bridgehead atoms. The maximum atomic E-state index is 12.1. The summed E-state index contributed by atoms with van der Waals surface area (Å²) >= 11 is 0. The van der Waals surface area contributed by atoms with Gasteiger partial charge in [-0.05, 0) is 55.8 Å². The Morgan fingerprint density at radius 3 is 2.25 bits per heavy atom. The molecule has 2 aromatic carbocycles. The fourth-order valence-electron chi connectivity index (χ4n) is 3.40. The van der Waals surface area contributed by atoms with Gasteiger partial charge in [0.2, 0.25) is 5.91 Å². The molecule has 3 rings (SSSR count). The number of hydrogen-bond donors (Lipinski definition) is 1. The fraction of sp³-hybridized carbons (Fsp3) is 0.435. The molecule has 1 aliphatic heterocycles. The van der Waals surface area contributed by atoms with E-state index in [9.17, 15) is 4.79 Å². The first-order valence-corrected chi connectivity index (χ1v) is 10.1. The Morgan fingerprint density at radius 1 is 0.964 bits per heavy atom. The van der Waals surface area contributed by atoms with Gasteiger partial charge in [-0.3, -0.25) is 4.79 Å². The van der Waals surface area contributed by atoms with Crippen molar-refractivity contribution in [2.75, 3.05) is 51.3 Å². The molecule has 1 aliphatic rings. The lowest BCUT2D eigenvalue weighted by atomic mass is 10.1. The molecular formula is C23H31N3O2. The van der Waals surface area contributed by atoms with E-state index >= 15 is 0 Å². The second-order valence-corrected chi connectivity index (χ2v) is 7.31. The van der Waals surface area contributed by atoms with Crippen molar-refractivity contribution in [3.05, 3.63) is 59.7 Å². The lowest BCUT2D eigenvalue weighted by molar-refractivity contribution is -0.120. The van der Waals surface area contributed by atoms with Crippen LogP contribution in [0.4, 0.5) is 5.69 Å². The number of nitrogens with one attached hydrogen (secondary N) is 1. The van der Waals surface area contributed by atoms with Crippen molar-refractivity contribution in [3.8, 4) is 5.75 Å². The average molecular weight is 382 g/mol. The van der Waals surface area contributed by atoms with Crippen LogP contribution in [0.2, 0.25) is 0 Å². The van der Waals surface area contributed by atoms with Gasteiger partial charge in [0.15, 0.2) is 0 Å². The molecule has 1 amide bonds. The third-order valence-electron chi connectivity index (χ3n) is 5.14. The van der Waals surface area contributed by atoms with Gasteiger partial charge in [-0.1, -0.05) is 24.3 Å². The zero-order chi connectivity index (χ0) is 19.8. The summed E-state index contributed by atoms with van der Waals surface area (Å²) in [6.07, 6.45) is 1.24. The number of carbonyl (C=O) groups is 1. The van der Waals surface area contributed by atoms with Gasteiger partial charge in [0.05, 0.1) is 13.0 Å². The lowest BCUT2D eigenvalue weighted by Gasteiger charge is -2.34. The zero-order valence-corrected chi connectivity index (χ0v) is 17.0. The van der Waals surface area contributed by atoms with E-state index in [4.69, 9.17) is 4.74 Å². The van der Waals surface area contributed by atoms with Crippen LogP contribution in [-0.2, 0) is 17.6 Å². The molecule has 28 heavy (non-hydrogen) atoms. The number of anilines is 1. The van der Waals surface area contributed by atoms with E-state index in [1.165, 1.54) is 11.3 Å². The standard InChI is InChI=1S/C23H31N3O2/c1-3-28-22-10-6-20(7-11-22)18-23(27)24-13-12-19-4-8-21(9-5-19)26-16-14-25(2)15-17-26/h4-11H,3,12-18H2,1-2H3,(H,24,27). The summed E-state index contributed by atoms with van der Waals surface area (Å²) in [5.74, 6) is 0.893. The van der Waals surface area contributed by atoms with Crippen molar-refractivity contribution >= 4 is 11.6 Å². The van der Waals surface area contributed by atoms with E-state index in [2.05, 4.69) is 46.4 Å². The monoisotopic (exact) mass is 381 g/mol. The highest BCUT2D eigenvalue weighted by Gasteiger charge is 2.13. The first-order valence-electron chi connectivity index (χ1n) is 10.1. The molecule has 0 spiro atoms. The van der Waals surface area contributed by atoms with Crippen molar-refractivity contribution in [1.82, 2.24) is 10.2 Å². The predicted octanol–water partition coefficient (Wildman–Crippen LogP) is 2.74. The molecule has 0 radical (unpaired) electrons. The third-order valence-corrected chi connectivity index (χ3v) is 5.14. The molecule has 1 saturated heterocycles. The predicted molar refractivity (Wildman–Crippen MR) is 114 cm³/mol. The van der Waals surface area contributed by atoms with Crippen molar-refractivity contribution in [1.29, 1.82) is 0 Å². The van der Waals surface area contributed by atoms with Gasteiger partial charge < -0.3 is 19.9 Å². The maximum absolute atomic E-state index is 12.1. The van der Waals surface area contributed by atoms with Crippen LogP contribution >= 0.6 is 0 Å². The first kappa shape index (κ1) is 20.2. The van der Waals surface area contributed by atoms with Crippen LogP contribution in [0.15, 0.2) is 48.5 Å². The highest BCUT2D eigenvalue weighted by molar-refractivity contribution is 5.78. The molecule has 0 aromatic heterocycles. The SMILES string of the molecule is CCOc1ccc(CC(=O)NCCc2ccc(N3CCN(C)CC3)cc2)cc1.